The van der Waals surface area contributed by atoms with E-state index in [2.05, 4.69) is 17.4 Å². The predicted molar refractivity (Wildman–Crippen MR) is 112 cm³/mol. The number of benzene rings is 2. The summed E-state index contributed by atoms with van der Waals surface area (Å²) in [7, 11) is 0. The Labute approximate surface area is 176 Å². The number of aryl methyl sites for hydroxylation is 1. The molecule has 154 valence electrons. The van der Waals surface area contributed by atoms with Crippen LogP contribution in [0.4, 0.5) is 5.69 Å². The molecule has 7 heteroatoms. The maximum atomic E-state index is 12.7. The normalized spacial score (nSPS) is 21.6. The van der Waals surface area contributed by atoms with Crippen molar-refractivity contribution in [2.45, 2.75) is 26.4 Å². The SMILES string of the molecule is Cc1ccc(Cl)cc1NC(=O)[C@@H](C)[NH+]1CC[NH+](Cc2ccc3c(c2)OCO3)CC1. The van der Waals surface area contributed by atoms with Crippen molar-refractivity contribution in [3.05, 3.63) is 52.5 Å². The van der Waals surface area contributed by atoms with Crippen molar-refractivity contribution in [2.24, 2.45) is 0 Å². The fraction of sp³-hybridized carbons (Fsp3) is 0.409. The van der Waals surface area contributed by atoms with Crippen molar-refractivity contribution in [1.82, 2.24) is 0 Å². The van der Waals surface area contributed by atoms with Gasteiger partial charge < -0.3 is 24.6 Å². The number of hydrogen-bond acceptors (Lipinski definition) is 3. The molecule has 3 N–H and O–H groups in total. The van der Waals surface area contributed by atoms with Gasteiger partial charge in [0.15, 0.2) is 17.5 Å². The summed E-state index contributed by atoms with van der Waals surface area (Å²) in [4.78, 5) is 15.6. The molecule has 0 spiro atoms. The van der Waals surface area contributed by atoms with E-state index in [0.29, 0.717) is 11.8 Å². The smallest absolute Gasteiger partial charge is 0.282 e. The Morgan fingerprint density at radius 2 is 1.86 bits per heavy atom. The van der Waals surface area contributed by atoms with Crippen LogP contribution in [0.15, 0.2) is 36.4 Å². The van der Waals surface area contributed by atoms with Crippen LogP contribution in [0.5, 0.6) is 11.5 Å². The number of hydrogen-bond donors (Lipinski definition) is 3. The second-order valence-corrected chi connectivity index (χ2v) is 8.38. The van der Waals surface area contributed by atoms with Gasteiger partial charge in [0.25, 0.3) is 5.91 Å². The molecular weight excluding hydrogens is 390 g/mol. The molecule has 1 saturated heterocycles. The second kappa shape index (κ2) is 8.61. The van der Waals surface area contributed by atoms with Gasteiger partial charge in [0.1, 0.15) is 32.7 Å². The highest BCUT2D eigenvalue weighted by Crippen LogP contribution is 2.32. The van der Waals surface area contributed by atoms with Crippen LogP contribution in [0, 0.1) is 6.92 Å². The van der Waals surface area contributed by atoms with Crippen molar-refractivity contribution in [3.8, 4) is 11.5 Å². The number of quaternary nitrogens is 2. The molecular formula is C22H28ClN3O3+2. The molecule has 1 amide bonds. The topological polar surface area (TPSA) is 56.4 Å². The Hall–Kier alpha value is -2.28. The van der Waals surface area contributed by atoms with Gasteiger partial charge in [-0.1, -0.05) is 17.7 Å². The average Bonchev–Trinajstić information content (AvgIpc) is 3.18. The van der Waals surface area contributed by atoms with Gasteiger partial charge in [-0.3, -0.25) is 4.79 Å². The van der Waals surface area contributed by atoms with Crippen LogP contribution in [0.3, 0.4) is 0 Å². The van der Waals surface area contributed by atoms with Crippen LogP contribution >= 0.6 is 11.6 Å². The Morgan fingerprint density at radius 3 is 2.66 bits per heavy atom. The highest BCUT2D eigenvalue weighted by atomic mass is 35.5. The zero-order chi connectivity index (χ0) is 20.4. The van der Waals surface area contributed by atoms with Gasteiger partial charge in [0.2, 0.25) is 6.79 Å². The zero-order valence-corrected chi connectivity index (χ0v) is 17.6. The molecule has 0 unspecified atom stereocenters. The van der Waals surface area contributed by atoms with Gasteiger partial charge >= 0.3 is 0 Å². The molecule has 1 atom stereocenters. The maximum Gasteiger partial charge on any atom is 0.282 e. The van der Waals surface area contributed by atoms with Crippen LogP contribution in [-0.4, -0.2) is 44.9 Å². The number of piperazine rings is 1. The van der Waals surface area contributed by atoms with E-state index in [4.69, 9.17) is 21.1 Å². The Morgan fingerprint density at radius 1 is 1.10 bits per heavy atom. The summed E-state index contributed by atoms with van der Waals surface area (Å²) < 4.78 is 10.9. The van der Waals surface area contributed by atoms with Gasteiger partial charge in [-0.15, -0.1) is 0 Å². The molecule has 29 heavy (non-hydrogen) atoms. The summed E-state index contributed by atoms with van der Waals surface area (Å²) in [5.74, 6) is 1.71. The Balaban J connectivity index is 1.29. The van der Waals surface area contributed by atoms with E-state index in [0.717, 1.165) is 55.5 Å². The van der Waals surface area contributed by atoms with Crippen molar-refractivity contribution in [1.29, 1.82) is 0 Å². The number of carbonyl (C=O) groups excluding carboxylic acids is 1. The first-order chi connectivity index (χ1) is 14.0. The number of carbonyl (C=O) groups is 1. The largest absolute Gasteiger partial charge is 0.454 e. The molecule has 2 heterocycles. The lowest BCUT2D eigenvalue weighted by atomic mass is 10.1. The number of amides is 1. The first-order valence-corrected chi connectivity index (χ1v) is 10.5. The molecule has 2 aromatic rings. The minimum Gasteiger partial charge on any atom is -0.454 e. The number of halogens is 1. The van der Waals surface area contributed by atoms with E-state index in [1.54, 1.807) is 0 Å². The molecule has 0 aromatic heterocycles. The third kappa shape index (κ3) is 4.66. The standard InChI is InChI=1S/C22H26ClN3O3/c1-15-3-5-18(23)12-19(15)24-22(27)16(2)26-9-7-25(8-10-26)13-17-4-6-20-21(11-17)29-14-28-20/h3-6,11-12,16H,7-10,13-14H2,1-2H3,(H,24,27)/p+2/t16-/m1/s1. The predicted octanol–water partition coefficient (Wildman–Crippen LogP) is 0.688. The summed E-state index contributed by atoms with van der Waals surface area (Å²) in [5, 5.41) is 3.68. The lowest BCUT2D eigenvalue weighted by Crippen LogP contribution is -3.29. The lowest BCUT2D eigenvalue weighted by molar-refractivity contribution is -1.02. The number of nitrogens with one attached hydrogen (secondary N) is 3. The van der Waals surface area contributed by atoms with E-state index in [9.17, 15) is 4.79 Å². The summed E-state index contributed by atoms with van der Waals surface area (Å²) in [5.41, 5.74) is 3.07. The molecule has 6 nitrogen and oxygen atoms in total. The van der Waals surface area contributed by atoms with E-state index < -0.39 is 0 Å². The second-order valence-electron chi connectivity index (χ2n) is 7.94. The maximum absolute atomic E-state index is 12.7. The first kappa shape index (κ1) is 20.0. The quantitative estimate of drug-likeness (QED) is 0.671. The molecule has 0 aliphatic carbocycles. The molecule has 4 rings (SSSR count). The van der Waals surface area contributed by atoms with E-state index in [1.165, 1.54) is 15.4 Å². The minimum absolute atomic E-state index is 0.0459. The zero-order valence-electron chi connectivity index (χ0n) is 16.9. The monoisotopic (exact) mass is 417 g/mol. The Bertz CT molecular complexity index is 897. The van der Waals surface area contributed by atoms with Gasteiger partial charge in [-0.05, 0) is 49.7 Å². The summed E-state index contributed by atoms with van der Waals surface area (Å²) in [6.07, 6.45) is 0. The highest BCUT2D eigenvalue weighted by Gasteiger charge is 2.31. The van der Waals surface area contributed by atoms with Crippen molar-refractivity contribution >= 4 is 23.2 Å². The van der Waals surface area contributed by atoms with E-state index in [-0.39, 0.29) is 11.9 Å². The fourth-order valence-corrected chi connectivity index (χ4v) is 4.20. The van der Waals surface area contributed by atoms with Gasteiger partial charge in [-0.2, -0.15) is 0 Å². The highest BCUT2D eigenvalue weighted by molar-refractivity contribution is 6.31. The minimum atomic E-state index is -0.0968. The summed E-state index contributed by atoms with van der Waals surface area (Å²) in [6, 6.07) is 11.7. The number of anilines is 1. The average molecular weight is 418 g/mol. The van der Waals surface area contributed by atoms with Crippen molar-refractivity contribution in [3.63, 3.8) is 0 Å². The van der Waals surface area contributed by atoms with Crippen LogP contribution in [-0.2, 0) is 11.3 Å². The number of fused-ring (bicyclic) bond motifs is 1. The van der Waals surface area contributed by atoms with E-state index in [1.807, 2.05) is 38.1 Å². The first-order valence-electron chi connectivity index (χ1n) is 10.1. The molecule has 0 radical (unpaired) electrons. The molecule has 2 aliphatic rings. The Kier molecular flexibility index (Phi) is 5.94. The number of rotatable bonds is 5. The van der Waals surface area contributed by atoms with Crippen molar-refractivity contribution < 1.29 is 24.1 Å². The number of ether oxygens (including phenoxy) is 2. The molecule has 1 fully saturated rings. The van der Waals surface area contributed by atoms with Crippen molar-refractivity contribution in [2.75, 3.05) is 38.3 Å². The molecule has 0 bridgehead atoms. The lowest BCUT2D eigenvalue weighted by Gasteiger charge is -2.32. The van der Waals surface area contributed by atoms with Crippen LogP contribution in [0.1, 0.15) is 18.1 Å². The van der Waals surface area contributed by atoms with Gasteiger partial charge in [0.05, 0.1) is 0 Å². The third-order valence-corrected chi connectivity index (χ3v) is 6.19. The third-order valence-electron chi connectivity index (χ3n) is 5.95. The molecule has 2 aliphatic heterocycles. The van der Waals surface area contributed by atoms with E-state index >= 15 is 0 Å². The molecule has 2 aromatic carbocycles. The fourth-order valence-electron chi connectivity index (χ4n) is 4.03. The summed E-state index contributed by atoms with van der Waals surface area (Å²) in [6.45, 7) is 9.28. The van der Waals surface area contributed by atoms with Gasteiger partial charge in [0, 0.05) is 16.3 Å². The van der Waals surface area contributed by atoms with Gasteiger partial charge in [-0.25, -0.2) is 0 Å². The summed E-state index contributed by atoms with van der Waals surface area (Å²) >= 11 is 6.07. The van der Waals surface area contributed by atoms with Crippen LogP contribution in [0.2, 0.25) is 5.02 Å². The van der Waals surface area contributed by atoms with Crippen LogP contribution < -0.4 is 24.6 Å². The molecule has 0 saturated carbocycles. The van der Waals surface area contributed by atoms with Crippen LogP contribution in [0.25, 0.3) is 0 Å².